The van der Waals surface area contributed by atoms with Crippen molar-refractivity contribution < 1.29 is 12.8 Å². The van der Waals surface area contributed by atoms with E-state index in [0.29, 0.717) is 0 Å². The van der Waals surface area contributed by atoms with Gasteiger partial charge in [-0.1, -0.05) is 17.7 Å². The van der Waals surface area contributed by atoms with E-state index in [4.69, 9.17) is 23.2 Å². The van der Waals surface area contributed by atoms with Gasteiger partial charge in [0.1, 0.15) is 4.90 Å². The third-order valence-electron chi connectivity index (χ3n) is 2.10. The van der Waals surface area contributed by atoms with Gasteiger partial charge in [-0.15, -0.1) is 0 Å². The summed E-state index contributed by atoms with van der Waals surface area (Å²) in [6.45, 7) is 0. The van der Waals surface area contributed by atoms with E-state index in [2.05, 4.69) is 14.7 Å². The molecule has 0 amide bonds. The van der Waals surface area contributed by atoms with E-state index < -0.39 is 15.8 Å². The molecular formula is C10H6Cl2FN3O2S. The molecule has 0 spiro atoms. The highest BCUT2D eigenvalue weighted by molar-refractivity contribution is 7.92. The highest BCUT2D eigenvalue weighted by Gasteiger charge is 2.18. The Bertz CT molecular complexity index is 707. The minimum Gasteiger partial charge on any atom is -0.276 e. The Kier molecular flexibility index (Phi) is 3.88. The largest absolute Gasteiger partial charge is 0.276 e. The van der Waals surface area contributed by atoms with Gasteiger partial charge in [0.25, 0.3) is 10.0 Å². The number of aromatic nitrogens is 2. The lowest BCUT2D eigenvalue weighted by Gasteiger charge is -2.08. The standard InChI is InChI=1S/C10H6Cl2FN3O2S/c11-7-2-1-3-8(9(7)13)16-19(17,18)6-4-14-10(12)15-5-6/h1-5,16H. The van der Waals surface area contributed by atoms with Crippen molar-refractivity contribution >= 4 is 38.9 Å². The first-order valence-corrected chi connectivity index (χ1v) is 7.08. The first kappa shape index (κ1) is 14.0. The van der Waals surface area contributed by atoms with Gasteiger partial charge in [0.15, 0.2) is 5.82 Å². The van der Waals surface area contributed by atoms with Gasteiger partial charge in [0.2, 0.25) is 5.28 Å². The quantitative estimate of drug-likeness (QED) is 0.882. The Balaban J connectivity index is 2.36. The van der Waals surface area contributed by atoms with Crippen molar-refractivity contribution in [3.05, 3.63) is 46.7 Å². The highest BCUT2D eigenvalue weighted by Crippen LogP contribution is 2.24. The van der Waals surface area contributed by atoms with E-state index in [1.165, 1.54) is 18.2 Å². The van der Waals surface area contributed by atoms with E-state index in [0.717, 1.165) is 12.4 Å². The van der Waals surface area contributed by atoms with Crippen LogP contribution in [0.25, 0.3) is 0 Å². The molecule has 0 aliphatic heterocycles. The normalized spacial score (nSPS) is 11.3. The van der Waals surface area contributed by atoms with Gasteiger partial charge in [0, 0.05) is 0 Å². The monoisotopic (exact) mass is 321 g/mol. The van der Waals surface area contributed by atoms with E-state index in [1.807, 2.05) is 0 Å². The zero-order valence-electron chi connectivity index (χ0n) is 9.14. The van der Waals surface area contributed by atoms with Crippen molar-refractivity contribution in [2.24, 2.45) is 0 Å². The lowest BCUT2D eigenvalue weighted by molar-refractivity contribution is 0.597. The molecule has 1 aromatic heterocycles. The molecule has 2 rings (SSSR count). The number of benzene rings is 1. The number of anilines is 1. The number of rotatable bonds is 3. The molecule has 9 heteroatoms. The Hall–Kier alpha value is -1.44. The van der Waals surface area contributed by atoms with Crippen LogP contribution in [0.5, 0.6) is 0 Å². The van der Waals surface area contributed by atoms with Crippen LogP contribution in [0.3, 0.4) is 0 Å². The molecular weight excluding hydrogens is 316 g/mol. The molecule has 1 N–H and O–H groups in total. The van der Waals surface area contributed by atoms with Crippen LogP contribution in [0.1, 0.15) is 0 Å². The third-order valence-corrected chi connectivity index (χ3v) is 3.91. The summed E-state index contributed by atoms with van der Waals surface area (Å²) >= 11 is 11.0. The maximum atomic E-state index is 13.6. The Morgan fingerprint density at radius 1 is 1.16 bits per heavy atom. The lowest BCUT2D eigenvalue weighted by atomic mass is 10.3. The molecule has 0 atom stereocenters. The number of nitrogens with zero attached hydrogens (tertiary/aromatic N) is 2. The van der Waals surface area contributed by atoms with Gasteiger partial charge in [-0.05, 0) is 23.7 Å². The molecule has 0 saturated heterocycles. The fourth-order valence-corrected chi connectivity index (χ4v) is 2.45. The molecule has 1 heterocycles. The second-order valence-corrected chi connectivity index (χ2v) is 5.82. The summed E-state index contributed by atoms with van der Waals surface area (Å²) < 4.78 is 39.5. The van der Waals surface area contributed by atoms with Crippen LogP contribution in [-0.2, 0) is 10.0 Å². The number of halogens is 3. The smallest absolute Gasteiger partial charge is 0.265 e. The van der Waals surface area contributed by atoms with Crippen LogP contribution in [-0.4, -0.2) is 18.4 Å². The second-order valence-electron chi connectivity index (χ2n) is 3.39. The second kappa shape index (κ2) is 5.28. The highest BCUT2D eigenvalue weighted by atomic mass is 35.5. The van der Waals surface area contributed by atoms with Gasteiger partial charge in [-0.25, -0.2) is 22.8 Å². The maximum absolute atomic E-state index is 13.6. The number of hydrogen-bond acceptors (Lipinski definition) is 4. The predicted octanol–water partition coefficient (Wildman–Crippen LogP) is 2.72. The van der Waals surface area contributed by atoms with Crippen molar-refractivity contribution in [2.45, 2.75) is 4.90 Å². The Morgan fingerprint density at radius 3 is 2.42 bits per heavy atom. The molecule has 0 saturated carbocycles. The molecule has 100 valence electrons. The SMILES string of the molecule is O=S(=O)(Nc1cccc(Cl)c1F)c1cnc(Cl)nc1. The molecule has 0 aliphatic carbocycles. The third kappa shape index (κ3) is 3.12. The zero-order valence-corrected chi connectivity index (χ0v) is 11.5. The Labute approximate surface area is 118 Å². The van der Waals surface area contributed by atoms with Gasteiger partial charge in [-0.3, -0.25) is 4.72 Å². The molecule has 0 radical (unpaired) electrons. The topological polar surface area (TPSA) is 72.0 Å². The summed E-state index contributed by atoms with van der Waals surface area (Å²) in [6, 6.07) is 3.97. The van der Waals surface area contributed by atoms with Gasteiger partial charge in [0.05, 0.1) is 23.1 Å². The number of nitrogens with one attached hydrogen (secondary N) is 1. The predicted molar refractivity (Wildman–Crippen MR) is 69.3 cm³/mol. The van der Waals surface area contributed by atoms with Crippen LogP contribution in [0, 0.1) is 5.82 Å². The van der Waals surface area contributed by atoms with E-state index >= 15 is 0 Å². The van der Waals surface area contributed by atoms with E-state index in [-0.39, 0.29) is 20.9 Å². The van der Waals surface area contributed by atoms with Gasteiger partial charge in [-0.2, -0.15) is 0 Å². The average Bonchev–Trinajstić information content (AvgIpc) is 2.35. The van der Waals surface area contributed by atoms with Crippen LogP contribution >= 0.6 is 23.2 Å². The molecule has 0 bridgehead atoms. The minimum atomic E-state index is -4.00. The minimum absolute atomic E-state index is 0.0899. The molecule has 5 nitrogen and oxygen atoms in total. The first-order valence-electron chi connectivity index (χ1n) is 4.84. The van der Waals surface area contributed by atoms with Crippen molar-refractivity contribution in [3.8, 4) is 0 Å². The molecule has 19 heavy (non-hydrogen) atoms. The van der Waals surface area contributed by atoms with Crippen molar-refractivity contribution in [2.75, 3.05) is 4.72 Å². The first-order chi connectivity index (χ1) is 8.90. The zero-order chi connectivity index (χ0) is 14.0. The fraction of sp³-hybridized carbons (Fsp3) is 0. The van der Waals surface area contributed by atoms with Gasteiger partial charge < -0.3 is 0 Å². The average molecular weight is 322 g/mol. The molecule has 2 aromatic rings. The van der Waals surface area contributed by atoms with Crippen molar-refractivity contribution in [3.63, 3.8) is 0 Å². The maximum Gasteiger partial charge on any atom is 0.265 e. The Morgan fingerprint density at radius 2 is 1.79 bits per heavy atom. The molecule has 0 aliphatic rings. The van der Waals surface area contributed by atoms with Crippen molar-refractivity contribution in [1.29, 1.82) is 0 Å². The molecule has 0 fully saturated rings. The van der Waals surface area contributed by atoms with E-state index in [1.54, 1.807) is 0 Å². The molecule has 0 unspecified atom stereocenters. The molecule has 1 aromatic carbocycles. The lowest BCUT2D eigenvalue weighted by Crippen LogP contribution is -2.14. The number of sulfonamides is 1. The number of hydrogen-bond donors (Lipinski definition) is 1. The van der Waals surface area contributed by atoms with Crippen LogP contribution in [0.2, 0.25) is 10.3 Å². The summed E-state index contributed by atoms with van der Waals surface area (Å²) in [5, 5.41) is -0.277. The van der Waals surface area contributed by atoms with Crippen LogP contribution in [0.4, 0.5) is 10.1 Å². The van der Waals surface area contributed by atoms with E-state index in [9.17, 15) is 12.8 Å². The van der Waals surface area contributed by atoms with Gasteiger partial charge >= 0.3 is 0 Å². The summed E-state index contributed by atoms with van der Waals surface area (Å²) in [5.74, 6) is -0.859. The fourth-order valence-electron chi connectivity index (χ4n) is 1.23. The summed E-state index contributed by atoms with van der Waals surface area (Å²) in [6.07, 6.45) is 2.03. The summed E-state index contributed by atoms with van der Waals surface area (Å²) in [5.41, 5.74) is -0.262. The van der Waals surface area contributed by atoms with Crippen LogP contribution in [0.15, 0.2) is 35.5 Å². The summed E-state index contributed by atoms with van der Waals surface area (Å²) in [7, 11) is -4.00. The van der Waals surface area contributed by atoms with Crippen molar-refractivity contribution in [1.82, 2.24) is 9.97 Å². The van der Waals surface area contributed by atoms with Crippen LogP contribution < -0.4 is 4.72 Å². The summed E-state index contributed by atoms with van der Waals surface area (Å²) in [4.78, 5) is 6.85.